The minimum Gasteiger partial charge on any atom is -0.434 e. The van der Waals surface area contributed by atoms with E-state index in [9.17, 15) is 18.3 Å². The van der Waals surface area contributed by atoms with Gasteiger partial charge in [-0.1, -0.05) is 18.5 Å². The zero-order valence-electron chi connectivity index (χ0n) is 19.8. The fourth-order valence-electron chi connectivity index (χ4n) is 5.11. The molecular weight excluding hydrogens is 493 g/mol. The van der Waals surface area contributed by atoms with Crippen LogP contribution in [0, 0.1) is 12.7 Å². The van der Waals surface area contributed by atoms with Gasteiger partial charge in [0.05, 0.1) is 22.9 Å². The topological polar surface area (TPSA) is 76.0 Å². The van der Waals surface area contributed by atoms with Gasteiger partial charge < -0.3 is 14.8 Å². The van der Waals surface area contributed by atoms with Gasteiger partial charge in [0, 0.05) is 46.6 Å². The van der Waals surface area contributed by atoms with Crippen LogP contribution < -0.4 is 4.74 Å². The van der Waals surface area contributed by atoms with Gasteiger partial charge in [-0.2, -0.15) is 13.9 Å². The molecule has 36 heavy (non-hydrogen) atoms. The van der Waals surface area contributed by atoms with E-state index in [1.807, 2.05) is 23.9 Å². The van der Waals surface area contributed by atoms with Crippen molar-refractivity contribution in [2.45, 2.75) is 64.2 Å². The Morgan fingerprint density at radius 2 is 1.97 bits per heavy atom. The van der Waals surface area contributed by atoms with E-state index in [1.54, 1.807) is 19.3 Å². The SMILES string of the molecule is Cc1nn(C2CCC(O)CC2)cc1-c1cnc2[nH]cc([C@H](C)c3c(OC(F)F)ccc(F)c3Cl)c2c1. The lowest BCUT2D eigenvalue weighted by Crippen LogP contribution is -2.21. The lowest BCUT2D eigenvalue weighted by atomic mass is 9.91. The molecule has 1 aliphatic carbocycles. The van der Waals surface area contributed by atoms with E-state index in [-0.39, 0.29) is 28.5 Å². The molecule has 6 nitrogen and oxygen atoms in total. The molecule has 1 aromatic carbocycles. The number of nitrogens with zero attached hydrogens (tertiary/aromatic N) is 3. The summed E-state index contributed by atoms with van der Waals surface area (Å²) in [6, 6.07) is 4.38. The molecule has 4 aromatic rings. The number of fused-ring (bicyclic) bond motifs is 1. The van der Waals surface area contributed by atoms with Gasteiger partial charge in [-0.3, -0.25) is 4.68 Å². The van der Waals surface area contributed by atoms with Crippen molar-refractivity contribution >= 4 is 22.6 Å². The Morgan fingerprint density at radius 3 is 2.69 bits per heavy atom. The Hall–Kier alpha value is -3.04. The summed E-state index contributed by atoms with van der Waals surface area (Å²) < 4.78 is 47.0. The molecule has 1 aliphatic rings. The maximum Gasteiger partial charge on any atom is 0.387 e. The molecule has 0 radical (unpaired) electrons. The number of halogens is 4. The van der Waals surface area contributed by atoms with Crippen LogP contribution in [0.1, 0.15) is 61.4 Å². The average molecular weight is 519 g/mol. The molecule has 5 rings (SSSR count). The van der Waals surface area contributed by atoms with E-state index < -0.39 is 18.3 Å². The molecule has 3 aromatic heterocycles. The van der Waals surface area contributed by atoms with Crippen molar-refractivity contribution in [3.63, 3.8) is 0 Å². The zero-order chi connectivity index (χ0) is 25.6. The summed E-state index contributed by atoms with van der Waals surface area (Å²) >= 11 is 6.23. The van der Waals surface area contributed by atoms with E-state index in [0.29, 0.717) is 5.65 Å². The second-order valence-corrected chi connectivity index (χ2v) is 9.69. The molecule has 1 atom stereocenters. The second kappa shape index (κ2) is 9.78. The van der Waals surface area contributed by atoms with Gasteiger partial charge in [0.15, 0.2) is 0 Å². The molecule has 2 N–H and O–H groups in total. The minimum atomic E-state index is -3.07. The van der Waals surface area contributed by atoms with Crippen LogP contribution in [0.5, 0.6) is 5.75 Å². The molecule has 0 saturated heterocycles. The number of aliphatic hydroxyl groups excluding tert-OH is 1. The summed E-state index contributed by atoms with van der Waals surface area (Å²) in [5, 5.41) is 15.0. The van der Waals surface area contributed by atoms with Crippen LogP contribution in [0.25, 0.3) is 22.2 Å². The highest BCUT2D eigenvalue weighted by Gasteiger charge is 2.26. The smallest absolute Gasteiger partial charge is 0.387 e. The van der Waals surface area contributed by atoms with Crippen molar-refractivity contribution < 1.29 is 23.0 Å². The largest absolute Gasteiger partial charge is 0.434 e. The van der Waals surface area contributed by atoms with Crippen LogP contribution in [0.4, 0.5) is 13.2 Å². The first kappa shape index (κ1) is 24.6. The molecule has 0 unspecified atom stereocenters. The van der Waals surface area contributed by atoms with Crippen LogP contribution in [0.15, 0.2) is 36.8 Å². The monoisotopic (exact) mass is 518 g/mol. The number of aliphatic hydroxyl groups is 1. The Bertz CT molecular complexity index is 1400. The number of hydrogen-bond donors (Lipinski definition) is 2. The van der Waals surface area contributed by atoms with Gasteiger partial charge >= 0.3 is 6.61 Å². The van der Waals surface area contributed by atoms with Crippen LogP contribution in [0.3, 0.4) is 0 Å². The second-order valence-electron chi connectivity index (χ2n) is 9.31. The molecule has 0 spiro atoms. The van der Waals surface area contributed by atoms with Gasteiger partial charge in [-0.25, -0.2) is 9.37 Å². The van der Waals surface area contributed by atoms with Crippen molar-refractivity contribution in [2.24, 2.45) is 0 Å². The highest BCUT2D eigenvalue weighted by Crippen LogP contribution is 2.41. The zero-order valence-corrected chi connectivity index (χ0v) is 20.6. The third kappa shape index (κ3) is 4.57. The molecule has 0 aliphatic heterocycles. The summed E-state index contributed by atoms with van der Waals surface area (Å²) in [6.45, 7) is 0.629. The van der Waals surface area contributed by atoms with Gasteiger partial charge in [0.25, 0.3) is 0 Å². The number of pyridine rings is 1. The van der Waals surface area contributed by atoms with E-state index in [2.05, 4.69) is 14.7 Å². The van der Waals surface area contributed by atoms with Crippen molar-refractivity contribution in [1.29, 1.82) is 0 Å². The van der Waals surface area contributed by atoms with Gasteiger partial charge in [0.1, 0.15) is 17.2 Å². The predicted octanol–water partition coefficient (Wildman–Crippen LogP) is 6.76. The number of rotatable bonds is 6. The summed E-state index contributed by atoms with van der Waals surface area (Å²) in [7, 11) is 0. The third-order valence-electron chi connectivity index (χ3n) is 7.04. The molecule has 1 saturated carbocycles. The van der Waals surface area contributed by atoms with Crippen molar-refractivity contribution in [3.8, 4) is 16.9 Å². The Morgan fingerprint density at radius 1 is 1.22 bits per heavy atom. The number of nitrogens with one attached hydrogen (secondary N) is 1. The van der Waals surface area contributed by atoms with Crippen LogP contribution in [0.2, 0.25) is 5.02 Å². The van der Waals surface area contributed by atoms with E-state index in [1.165, 1.54) is 6.07 Å². The molecular formula is C26H26ClF3N4O2. The number of aromatic amines is 1. The quantitative estimate of drug-likeness (QED) is 0.296. The minimum absolute atomic E-state index is 0.145. The number of H-pyrrole nitrogens is 1. The molecule has 0 bridgehead atoms. The number of benzene rings is 1. The third-order valence-corrected chi connectivity index (χ3v) is 7.42. The van der Waals surface area contributed by atoms with Crippen molar-refractivity contribution in [3.05, 3.63) is 64.5 Å². The standard InChI is InChI=1S/C26H26ClF3N4O2/c1-13(23-22(36-26(29)30)8-7-21(28)24(23)27)19-11-32-25-18(19)9-15(10-31-25)20-12-34(33-14(20)2)16-3-5-17(35)6-4-16/h7-13,16-17,26,35H,3-6H2,1-2H3,(H,31,32)/t13-,16?,17?/m0/s1. The normalized spacial score (nSPS) is 19.2. The maximum atomic E-state index is 14.3. The molecule has 3 heterocycles. The predicted molar refractivity (Wildman–Crippen MR) is 131 cm³/mol. The fraction of sp³-hybridized carbons (Fsp3) is 0.385. The van der Waals surface area contributed by atoms with Crippen LogP contribution in [-0.2, 0) is 0 Å². The Kier molecular flexibility index (Phi) is 6.70. The summed E-state index contributed by atoms with van der Waals surface area (Å²) in [4.78, 5) is 7.66. The number of alkyl halides is 2. The number of aryl methyl sites for hydroxylation is 1. The van der Waals surface area contributed by atoms with Gasteiger partial charge in [0.2, 0.25) is 0 Å². The number of hydrogen-bond acceptors (Lipinski definition) is 4. The summed E-state index contributed by atoms with van der Waals surface area (Å²) in [5.41, 5.74) is 4.11. The number of ether oxygens (including phenoxy) is 1. The highest BCUT2D eigenvalue weighted by molar-refractivity contribution is 6.31. The van der Waals surface area contributed by atoms with Crippen LogP contribution in [-0.4, -0.2) is 37.6 Å². The summed E-state index contributed by atoms with van der Waals surface area (Å²) in [6.07, 6.45) is 8.51. The van der Waals surface area contributed by atoms with E-state index in [0.717, 1.165) is 59.5 Å². The summed E-state index contributed by atoms with van der Waals surface area (Å²) in [5.74, 6) is -1.45. The maximum absolute atomic E-state index is 14.3. The van der Waals surface area contributed by atoms with Crippen LogP contribution >= 0.6 is 11.6 Å². The lowest BCUT2D eigenvalue weighted by Gasteiger charge is -2.25. The molecule has 1 fully saturated rings. The van der Waals surface area contributed by atoms with Gasteiger partial charge in [-0.15, -0.1) is 0 Å². The highest BCUT2D eigenvalue weighted by atomic mass is 35.5. The molecule has 190 valence electrons. The van der Waals surface area contributed by atoms with E-state index in [4.69, 9.17) is 16.7 Å². The first-order valence-electron chi connectivity index (χ1n) is 11.9. The van der Waals surface area contributed by atoms with E-state index >= 15 is 0 Å². The molecule has 0 amide bonds. The Labute approximate surface area is 211 Å². The first-order valence-corrected chi connectivity index (χ1v) is 12.2. The molecule has 10 heteroatoms. The fourth-order valence-corrected chi connectivity index (χ4v) is 5.43. The average Bonchev–Trinajstić information content (AvgIpc) is 3.44. The Balaban J connectivity index is 1.53. The van der Waals surface area contributed by atoms with Gasteiger partial charge in [-0.05, 0) is 56.4 Å². The first-order chi connectivity index (χ1) is 17.2. The number of aromatic nitrogens is 4. The van der Waals surface area contributed by atoms with Crippen molar-refractivity contribution in [2.75, 3.05) is 0 Å². The van der Waals surface area contributed by atoms with Crippen molar-refractivity contribution in [1.82, 2.24) is 19.7 Å². The lowest BCUT2D eigenvalue weighted by molar-refractivity contribution is -0.0505.